The van der Waals surface area contributed by atoms with Gasteiger partial charge in [-0.3, -0.25) is 9.69 Å². The van der Waals surface area contributed by atoms with Crippen LogP contribution in [0.5, 0.6) is 11.5 Å². The van der Waals surface area contributed by atoms with Crippen LogP contribution in [0, 0.1) is 5.92 Å². The number of rotatable bonds is 6. The molecule has 1 aliphatic rings. The topological polar surface area (TPSA) is 59.0 Å². The summed E-state index contributed by atoms with van der Waals surface area (Å²) in [5.74, 6) is 0.593. The van der Waals surface area contributed by atoms with Gasteiger partial charge in [0.1, 0.15) is 11.5 Å². The third kappa shape index (κ3) is 3.89. The van der Waals surface area contributed by atoms with Crippen molar-refractivity contribution in [3.8, 4) is 11.5 Å². The molecule has 1 unspecified atom stereocenters. The third-order valence-corrected chi connectivity index (χ3v) is 6.52. The van der Waals surface area contributed by atoms with E-state index < -0.39 is 5.97 Å². The molecule has 1 aliphatic heterocycles. The molecule has 0 amide bonds. The first-order valence-corrected chi connectivity index (χ1v) is 10.1. The Kier molecular flexibility index (Phi) is 6.21. The van der Waals surface area contributed by atoms with Crippen LogP contribution in [0.2, 0.25) is 0 Å². The molecule has 26 heavy (non-hydrogen) atoms. The maximum atomic E-state index is 11.3. The molecule has 0 saturated carbocycles. The van der Waals surface area contributed by atoms with Gasteiger partial charge in [-0.15, -0.1) is 11.3 Å². The van der Waals surface area contributed by atoms with Gasteiger partial charge >= 0.3 is 5.97 Å². The van der Waals surface area contributed by atoms with Gasteiger partial charge in [0.15, 0.2) is 0 Å². The number of thiophene rings is 1. The summed E-state index contributed by atoms with van der Waals surface area (Å²) in [4.78, 5) is 14.8. The van der Waals surface area contributed by atoms with Crippen LogP contribution < -0.4 is 9.47 Å². The van der Waals surface area contributed by atoms with Crippen LogP contribution >= 0.6 is 27.3 Å². The van der Waals surface area contributed by atoms with E-state index >= 15 is 0 Å². The van der Waals surface area contributed by atoms with E-state index in [9.17, 15) is 9.90 Å². The number of ether oxygens (including phenoxy) is 2. The first kappa shape index (κ1) is 19.2. The number of likely N-dealkylation sites (tertiary alicyclic amines) is 1. The van der Waals surface area contributed by atoms with E-state index in [1.54, 1.807) is 25.6 Å². The van der Waals surface area contributed by atoms with Crippen LogP contribution in [0.25, 0.3) is 0 Å². The molecule has 5 nitrogen and oxygen atoms in total. The molecule has 0 radical (unpaired) electrons. The van der Waals surface area contributed by atoms with Crippen molar-refractivity contribution in [3.05, 3.63) is 44.6 Å². The Labute approximate surface area is 165 Å². The van der Waals surface area contributed by atoms with E-state index in [1.807, 2.05) is 24.3 Å². The second-order valence-corrected chi connectivity index (χ2v) is 8.76. The van der Waals surface area contributed by atoms with E-state index in [2.05, 4.69) is 26.9 Å². The van der Waals surface area contributed by atoms with Crippen LogP contribution in [0.4, 0.5) is 0 Å². The highest BCUT2D eigenvalue weighted by Gasteiger charge is 2.34. The predicted octanol–water partition coefficient (Wildman–Crippen LogP) is 4.41. The van der Waals surface area contributed by atoms with Gasteiger partial charge in [0.25, 0.3) is 0 Å². The molecule has 1 aromatic carbocycles. The van der Waals surface area contributed by atoms with Crippen molar-refractivity contribution >= 4 is 33.2 Å². The summed E-state index contributed by atoms with van der Waals surface area (Å²) in [6.45, 7) is 1.44. The number of hydrogen-bond donors (Lipinski definition) is 1. The van der Waals surface area contributed by atoms with Crippen molar-refractivity contribution in [1.29, 1.82) is 0 Å². The fourth-order valence-electron chi connectivity index (χ4n) is 3.53. The molecule has 1 saturated heterocycles. The summed E-state index contributed by atoms with van der Waals surface area (Å²) in [6, 6.07) is 9.91. The lowest BCUT2D eigenvalue weighted by atomic mass is 9.93. The third-order valence-electron chi connectivity index (χ3n) is 4.85. The fraction of sp³-hybridized carbons (Fsp3) is 0.421. The van der Waals surface area contributed by atoms with Gasteiger partial charge in [0.05, 0.1) is 35.5 Å². The molecular formula is C19H22BrNO4S. The smallest absolute Gasteiger partial charge is 0.306 e. The van der Waals surface area contributed by atoms with Gasteiger partial charge < -0.3 is 14.6 Å². The predicted molar refractivity (Wildman–Crippen MR) is 105 cm³/mol. The first-order valence-electron chi connectivity index (χ1n) is 8.48. The van der Waals surface area contributed by atoms with Gasteiger partial charge in [0, 0.05) is 4.88 Å². The molecular weight excluding hydrogens is 418 g/mol. The molecule has 2 aromatic rings. The SMILES string of the molecule is COc1cccc(OC)c1C(c1ccc(Br)s1)N1CCC(C(=O)O)CC1. The molecule has 3 rings (SSSR count). The quantitative estimate of drug-likeness (QED) is 0.721. The van der Waals surface area contributed by atoms with E-state index in [4.69, 9.17) is 9.47 Å². The normalized spacial score (nSPS) is 17.0. The minimum absolute atomic E-state index is 0.0351. The van der Waals surface area contributed by atoms with Crippen molar-refractivity contribution in [2.75, 3.05) is 27.3 Å². The molecule has 1 N–H and O–H groups in total. The minimum Gasteiger partial charge on any atom is -0.496 e. The molecule has 0 aliphatic carbocycles. The molecule has 140 valence electrons. The number of piperidine rings is 1. The average molecular weight is 440 g/mol. The number of carboxylic acid groups (broad SMARTS) is 1. The number of hydrogen-bond acceptors (Lipinski definition) is 5. The highest BCUT2D eigenvalue weighted by molar-refractivity contribution is 9.11. The Hall–Kier alpha value is -1.57. The average Bonchev–Trinajstić information content (AvgIpc) is 3.08. The summed E-state index contributed by atoms with van der Waals surface area (Å²) in [5.41, 5.74) is 0.987. The largest absolute Gasteiger partial charge is 0.496 e. The van der Waals surface area contributed by atoms with E-state index in [-0.39, 0.29) is 12.0 Å². The van der Waals surface area contributed by atoms with Crippen LogP contribution in [0.1, 0.15) is 29.3 Å². The van der Waals surface area contributed by atoms with Crippen molar-refractivity contribution in [2.24, 2.45) is 5.92 Å². The second kappa shape index (κ2) is 8.41. The van der Waals surface area contributed by atoms with Crippen molar-refractivity contribution < 1.29 is 19.4 Å². The lowest BCUT2D eigenvalue weighted by Gasteiger charge is -2.37. The Balaban J connectivity index is 2.02. The standard InChI is InChI=1S/C19H22BrNO4S/c1-24-13-4-3-5-14(25-2)17(13)18(15-6-7-16(20)26-15)21-10-8-12(9-11-21)19(22)23/h3-7,12,18H,8-11H2,1-2H3,(H,22,23). The van der Waals surface area contributed by atoms with E-state index in [0.29, 0.717) is 12.8 Å². The second-order valence-electron chi connectivity index (χ2n) is 6.27. The number of aliphatic carboxylic acids is 1. The Morgan fingerprint density at radius 3 is 2.27 bits per heavy atom. The zero-order chi connectivity index (χ0) is 18.7. The van der Waals surface area contributed by atoms with Crippen LogP contribution in [0.15, 0.2) is 34.1 Å². The number of methoxy groups -OCH3 is 2. The molecule has 1 atom stereocenters. The lowest BCUT2D eigenvalue weighted by molar-refractivity contribution is -0.143. The zero-order valence-electron chi connectivity index (χ0n) is 14.8. The lowest BCUT2D eigenvalue weighted by Crippen LogP contribution is -2.39. The molecule has 1 fully saturated rings. The molecule has 7 heteroatoms. The van der Waals surface area contributed by atoms with E-state index in [1.165, 1.54) is 4.88 Å². The van der Waals surface area contributed by atoms with Crippen LogP contribution in [-0.2, 0) is 4.79 Å². The number of nitrogens with zero attached hydrogens (tertiary/aromatic N) is 1. The van der Waals surface area contributed by atoms with Gasteiger partial charge in [-0.2, -0.15) is 0 Å². The van der Waals surface area contributed by atoms with Gasteiger partial charge in [-0.1, -0.05) is 6.07 Å². The minimum atomic E-state index is -0.699. The van der Waals surface area contributed by atoms with Crippen LogP contribution in [0.3, 0.4) is 0 Å². The maximum Gasteiger partial charge on any atom is 0.306 e. The van der Waals surface area contributed by atoms with Crippen molar-refractivity contribution in [2.45, 2.75) is 18.9 Å². The first-order chi connectivity index (χ1) is 12.5. The maximum absolute atomic E-state index is 11.3. The van der Waals surface area contributed by atoms with Crippen molar-refractivity contribution in [1.82, 2.24) is 4.90 Å². The van der Waals surface area contributed by atoms with Gasteiger partial charge in [-0.05, 0) is 66.1 Å². The Morgan fingerprint density at radius 1 is 1.19 bits per heavy atom. The molecule has 1 aromatic heterocycles. The van der Waals surface area contributed by atoms with E-state index in [0.717, 1.165) is 33.9 Å². The summed E-state index contributed by atoms with van der Waals surface area (Å²) < 4.78 is 12.3. The van der Waals surface area contributed by atoms with Crippen LogP contribution in [-0.4, -0.2) is 43.3 Å². The van der Waals surface area contributed by atoms with Gasteiger partial charge in [-0.25, -0.2) is 0 Å². The summed E-state index contributed by atoms with van der Waals surface area (Å²) >= 11 is 5.23. The number of halogens is 1. The van der Waals surface area contributed by atoms with Crippen molar-refractivity contribution in [3.63, 3.8) is 0 Å². The number of carbonyl (C=O) groups is 1. The highest BCUT2D eigenvalue weighted by atomic mass is 79.9. The highest BCUT2D eigenvalue weighted by Crippen LogP contribution is 2.44. The Morgan fingerprint density at radius 2 is 1.81 bits per heavy atom. The zero-order valence-corrected chi connectivity index (χ0v) is 17.2. The monoisotopic (exact) mass is 439 g/mol. The summed E-state index contributed by atoms with van der Waals surface area (Å²) in [6.07, 6.45) is 1.30. The molecule has 0 bridgehead atoms. The Bertz CT molecular complexity index is 748. The molecule has 0 spiro atoms. The molecule has 2 heterocycles. The number of carboxylic acids is 1. The number of benzene rings is 1. The fourth-order valence-corrected chi connectivity index (χ4v) is 5.10. The summed E-state index contributed by atoms with van der Waals surface area (Å²) in [5, 5.41) is 9.30. The van der Waals surface area contributed by atoms with Gasteiger partial charge in [0.2, 0.25) is 0 Å². The summed E-state index contributed by atoms with van der Waals surface area (Å²) in [7, 11) is 3.33.